The molecule has 0 heterocycles. The highest BCUT2D eigenvalue weighted by Gasteiger charge is 2.08. The molecule has 0 saturated carbocycles. The lowest BCUT2D eigenvalue weighted by molar-refractivity contribution is 0.410. The lowest BCUT2D eigenvalue weighted by Crippen LogP contribution is -2.28. The zero-order valence-electron chi connectivity index (χ0n) is 18.5. The second kappa shape index (κ2) is 18.5. The molecule has 0 atom stereocenters. The molecule has 0 aliphatic heterocycles. The van der Waals surface area contributed by atoms with Crippen LogP contribution in [-0.4, -0.2) is 6.04 Å². The summed E-state index contributed by atoms with van der Waals surface area (Å²) in [6, 6.07) is 11.6. The third-order valence-electron chi connectivity index (χ3n) is 5.75. The minimum absolute atomic E-state index is 0.705. The Hall–Kier alpha value is -0.820. The third kappa shape index (κ3) is 14.9. The molecule has 1 heteroatoms. The smallest absolute Gasteiger partial charge is 0.0208 e. The number of unbranched alkanes of at least 4 members (excludes halogenated alkanes) is 12. The molecular formula is C26H47N. The molecule has 0 bridgehead atoms. The average molecular weight is 374 g/mol. The van der Waals surface area contributed by atoms with Gasteiger partial charge in [0.05, 0.1) is 0 Å². The van der Waals surface area contributed by atoms with Gasteiger partial charge in [-0.1, -0.05) is 134 Å². The Morgan fingerprint density at radius 2 is 1.04 bits per heavy atom. The van der Waals surface area contributed by atoms with Crippen LogP contribution in [0, 0.1) is 0 Å². The maximum Gasteiger partial charge on any atom is 0.0208 e. The van der Waals surface area contributed by atoms with Crippen LogP contribution in [0.1, 0.15) is 122 Å². The summed E-state index contributed by atoms with van der Waals surface area (Å²) in [7, 11) is 0. The van der Waals surface area contributed by atoms with Crippen molar-refractivity contribution in [2.75, 3.05) is 0 Å². The zero-order valence-corrected chi connectivity index (χ0v) is 18.5. The predicted molar refractivity (Wildman–Crippen MR) is 122 cm³/mol. The minimum Gasteiger partial charge on any atom is -0.310 e. The summed E-state index contributed by atoms with van der Waals surface area (Å²) < 4.78 is 0. The van der Waals surface area contributed by atoms with E-state index in [2.05, 4.69) is 49.5 Å². The van der Waals surface area contributed by atoms with Gasteiger partial charge >= 0.3 is 0 Å². The first kappa shape index (κ1) is 24.2. The lowest BCUT2D eigenvalue weighted by atomic mass is 9.99. The highest BCUT2D eigenvalue weighted by atomic mass is 14.9. The van der Waals surface area contributed by atoms with Crippen LogP contribution in [0.15, 0.2) is 30.3 Å². The summed E-state index contributed by atoms with van der Waals surface area (Å²) in [6.07, 6.45) is 22.5. The van der Waals surface area contributed by atoms with E-state index < -0.39 is 0 Å². The van der Waals surface area contributed by atoms with E-state index in [9.17, 15) is 0 Å². The molecule has 0 unspecified atom stereocenters. The Morgan fingerprint density at radius 1 is 0.593 bits per heavy atom. The fourth-order valence-electron chi connectivity index (χ4n) is 3.90. The van der Waals surface area contributed by atoms with Gasteiger partial charge in [-0.05, 0) is 18.4 Å². The van der Waals surface area contributed by atoms with Crippen molar-refractivity contribution < 1.29 is 0 Å². The fourth-order valence-corrected chi connectivity index (χ4v) is 3.90. The van der Waals surface area contributed by atoms with E-state index in [1.165, 1.54) is 108 Å². The van der Waals surface area contributed by atoms with E-state index in [-0.39, 0.29) is 0 Å². The quantitative estimate of drug-likeness (QED) is 0.240. The monoisotopic (exact) mass is 373 g/mol. The average Bonchev–Trinajstić information content (AvgIpc) is 2.70. The van der Waals surface area contributed by atoms with E-state index >= 15 is 0 Å². The number of benzene rings is 1. The highest BCUT2D eigenvalue weighted by molar-refractivity contribution is 5.14. The van der Waals surface area contributed by atoms with Gasteiger partial charge in [-0.3, -0.25) is 0 Å². The maximum absolute atomic E-state index is 3.86. The number of nitrogens with one attached hydrogen (secondary N) is 1. The van der Waals surface area contributed by atoms with Crippen LogP contribution < -0.4 is 5.32 Å². The molecule has 0 aliphatic carbocycles. The molecule has 1 nitrogen and oxygen atoms in total. The molecule has 156 valence electrons. The van der Waals surface area contributed by atoms with Gasteiger partial charge < -0.3 is 5.32 Å². The van der Waals surface area contributed by atoms with Crippen LogP contribution in [0.3, 0.4) is 0 Å². The van der Waals surface area contributed by atoms with Crippen molar-refractivity contribution in [3.63, 3.8) is 0 Å². The summed E-state index contributed by atoms with van der Waals surface area (Å²) in [5.74, 6) is 0. The van der Waals surface area contributed by atoms with E-state index in [0.29, 0.717) is 6.04 Å². The number of rotatable bonds is 19. The molecule has 1 aromatic rings. The molecule has 0 amide bonds. The fraction of sp³-hybridized carbons (Fsp3) is 0.769. The van der Waals surface area contributed by atoms with Gasteiger partial charge in [0.2, 0.25) is 0 Å². The first-order valence-corrected chi connectivity index (χ1v) is 12.1. The van der Waals surface area contributed by atoms with Crippen LogP contribution in [0.5, 0.6) is 0 Å². The summed E-state index contributed by atoms with van der Waals surface area (Å²) in [5, 5.41) is 3.86. The largest absolute Gasteiger partial charge is 0.310 e. The van der Waals surface area contributed by atoms with Gasteiger partial charge in [0.1, 0.15) is 0 Å². The van der Waals surface area contributed by atoms with Crippen LogP contribution >= 0.6 is 0 Å². The van der Waals surface area contributed by atoms with Crippen molar-refractivity contribution in [1.82, 2.24) is 5.32 Å². The number of hydrogen-bond acceptors (Lipinski definition) is 1. The Kier molecular flexibility index (Phi) is 16.6. The molecule has 0 aromatic heterocycles. The lowest BCUT2D eigenvalue weighted by Gasteiger charge is -2.19. The normalized spacial score (nSPS) is 11.4. The van der Waals surface area contributed by atoms with Crippen LogP contribution in [0.25, 0.3) is 0 Å². The van der Waals surface area contributed by atoms with Crippen LogP contribution in [0.4, 0.5) is 0 Å². The first-order valence-electron chi connectivity index (χ1n) is 12.1. The molecule has 0 spiro atoms. The second-order valence-electron chi connectivity index (χ2n) is 8.38. The molecule has 0 fully saturated rings. The minimum atomic E-state index is 0.705. The van der Waals surface area contributed by atoms with Gasteiger partial charge in [0, 0.05) is 12.6 Å². The summed E-state index contributed by atoms with van der Waals surface area (Å²) >= 11 is 0. The van der Waals surface area contributed by atoms with Crippen molar-refractivity contribution in [3.05, 3.63) is 35.9 Å². The van der Waals surface area contributed by atoms with E-state index in [0.717, 1.165) is 6.54 Å². The Labute approximate surface area is 170 Å². The Morgan fingerprint density at radius 3 is 1.52 bits per heavy atom. The summed E-state index contributed by atoms with van der Waals surface area (Å²) in [4.78, 5) is 0. The van der Waals surface area contributed by atoms with Crippen molar-refractivity contribution in [1.29, 1.82) is 0 Å². The molecule has 27 heavy (non-hydrogen) atoms. The molecule has 1 rings (SSSR count). The number of hydrogen-bond donors (Lipinski definition) is 1. The van der Waals surface area contributed by atoms with E-state index in [1.54, 1.807) is 0 Å². The molecule has 0 saturated heterocycles. The van der Waals surface area contributed by atoms with Crippen LogP contribution in [0.2, 0.25) is 0 Å². The molecule has 1 N–H and O–H groups in total. The van der Waals surface area contributed by atoms with Gasteiger partial charge in [0.25, 0.3) is 0 Å². The van der Waals surface area contributed by atoms with Gasteiger partial charge in [0.15, 0.2) is 0 Å². The summed E-state index contributed by atoms with van der Waals surface area (Å²) in [5.41, 5.74) is 1.42. The third-order valence-corrected chi connectivity index (χ3v) is 5.75. The van der Waals surface area contributed by atoms with Crippen molar-refractivity contribution in [3.8, 4) is 0 Å². The topological polar surface area (TPSA) is 12.0 Å². The van der Waals surface area contributed by atoms with Crippen LogP contribution in [-0.2, 0) is 6.54 Å². The summed E-state index contributed by atoms with van der Waals surface area (Å²) in [6.45, 7) is 5.62. The maximum atomic E-state index is 3.86. The Bertz CT molecular complexity index is 382. The second-order valence-corrected chi connectivity index (χ2v) is 8.38. The standard InChI is InChI=1S/C26H47N/c1-3-5-7-9-11-13-18-22-26(23-19-14-12-10-8-6-4-2)27-24-25-20-16-15-17-21-25/h15-17,20-21,26-27H,3-14,18-19,22-24H2,1-2H3. The molecular weight excluding hydrogens is 326 g/mol. The SMILES string of the molecule is CCCCCCCCCC(CCCCCCCCC)NCc1ccccc1. The Balaban J connectivity index is 2.20. The van der Waals surface area contributed by atoms with Crippen molar-refractivity contribution in [2.24, 2.45) is 0 Å². The van der Waals surface area contributed by atoms with Gasteiger partial charge in [-0.25, -0.2) is 0 Å². The zero-order chi connectivity index (χ0) is 19.4. The molecule has 0 radical (unpaired) electrons. The molecule has 0 aliphatic rings. The predicted octanol–water partition coefficient (Wildman–Crippen LogP) is 8.43. The van der Waals surface area contributed by atoms with Gasteiger partial charge in [-0.2, -0.15) is 0 Å². The van der Waals surface area contributed by atoms with E-state index in [4.69, 9.17) is 0 Å². The van der Waals surface area contributed by atoms with Gasteiger partial charge in [-0.15, -0.1) is 0 Å². The highest BCUT2D eigenvalue weighted by Crippen LogP contribution is 2.15. The van der Waals surface area contributed by atoms with Crippen molar-refractivity contribution in [2.45, 2.75) is 129 Å². The molecule has 1 aromatic carbocycles. The van der Waals surface area contributed by atoms with E-state index in [1.807, 2.05) is 0 Å². The first-order chi connectivity index (χ1) is 13.4. The van der Waals surface area contributed by atoms with Crippen molar-refractivity contribution >= 4 is 0 Å².